The van der Waals surface area contributed by atoms with Crippen LogP contribution in [0.5, 0.6) is 0 Å². The predicted octanol–water partition coefficient (Wildman–Crippen LogP) is 4.75. The molecule has 142 valence electrons. The number of hydrogen-bond donors (Lipinski definition) is 1. The van der Waals surface area contributed by atoms with Gasteiger partial charge in [-0.25, -0.2) is 0 Å². The Kier molecular flexibility index (Phi) is 12.6. The topological polar surface area (TPSA) is 72.8 Å². The maximum atomic E-state index is 11.6. The molecule has 0 aromatic heterocycles. The average Bonchev–Trinajstić information content (AvgIpc) is 2.89. The molecule has 1 fully saturated rings. The van der Waals surface area contributed by atoms with Gasteiger partial charge in [0.2, 0.25) is 0 Å². The van der Waals surface area contributed by atoms with Crippen molar-refractivity contribution in [2.75, 3.05) is 0 Å². The molecule has 1 unspecified atom stereocenters. The van der Waals surface area contributed by atoms with Crippen LogP contribution in [0.3, 0.4) is 0 Å². The monoisotopic (exact) mass is 410 g/mol. The summed E-state index contributed by atoms with van der Waals surface area (Å²) in [5, 5.41) is 8.59. The molecule has 0 spiro atoms. The standard InChI is InChI=1S/C18H34O5Se/c1-2-3-4-5-7-10-13-16-17(23-24(21)22-16)14-11-8-6-9-12-15-18(19)20/h16-17H,2-15H2,1H3,(H,19,20)/t16-,17-,24?/m0/s1. The van der Waals surface area contributed by atoms with Crippen molar-refractivity contribution >= 4 is 20.5 Å². The van der Waals surface area contributed by atoms with Crippen LogP contribution in [-0.4, -0.2) is 37.8 Å². The van der Waals surface area contributed by atoms with Crippen molar-refractivity contribution in [1.82, 2.24) is 0 Å². The van der Waals surface area contributed by atoms with E-state index in [9.17, 15) is 8.63 Å². The molecule has 24 heavy (non-hydrogen) atoms. The summed E-state index contributed by atoms with van der Waals surface area (Å²) >= 11 is -2.50. The zero-order chi connectivity index (χ0) is 17.6. The van der Waals surface area contributed by atoms with E-state index in [1.165, 1.54) is 32.1 Å². The van der Waals surface area contributed by atoms with Gasteiger partial charge in [0.05, 0.1) is 0 Å². The van der Waals surface area contributed by atoms with E-state index >= 15 is 0 Å². The molecule has 0 saturated carbocycles. The summed E-state index contributed by atoms with van der Waals surface area (Å²) < 4.78 is 22.6. The fourth-order valence-corrected chi connectivity index (χ4v) is 4.96. The molecule has 0 bridgehead atoms. The van der Waals surface area contributed by atoms with Gasteiger partial charge in [0.25, 0.3) is 0 Å². The van der Waals surface area contributed by atoms with Crippen LogP contribution >= 0.6 is 0 Å². The molecule has 3 atom stereocenters. The predicted molar refractivity (Wildman–Crippen MR) is 94.1 cm³/mol. The number of carbonyl (C=O) groups is 1. The number of carboxylic acid groups (broad SMARTS) is 1. The van der Waals surface area contributed by atoms with Crippen molar-refractivity contribution < 1.29 is 21.4 Å². The molecular weight excluding hydrogens is 375 g/mol. The first-order valence-corrected chi connectivity index (χ1v) is 11.7. The number of aliphatic carboxylic acids is 1. The Morgan fingerprint density at radius 1 is 0.833 bits per heavy atom. The minimum atomic E-state index is -2.50. The average molecular weight is 409 g/mol. The summed E-state index contributed by atoms with van der Waals surface area (Å²) in [6.45, 7) is 2.22. The molecular formula is C18H34O5Se. The molecule has 1 rings (SSSR count). The molecule has 1 N–H and O–H groups in total. The zero-order valence-electron chi connectivity index (χ0n) is 15.0. The van der Waals surface area contributed by atoms with Crippen molar-refractivity contribution in [3.8, 4) is 0 Å². The van der Waals surface area contributed by atoms with Crippen molar-refractivity contribution in [3.63, 3.8) is 0 Å². The van der Waals surface area contributed by atoms with Crippen LogP contribution in [0.1, 0.15) is 96.8 Å². The van der Waals surface area contributed by atoms with Gasteiger partial charge in [0.1, 0.15) is 0 Å². The van der Waals surface area contributed by atoms with Crippen LogP contribution < -0.4 is 0 Å². The van der Waals surface area contributed by atoms with Gasteiger partial charge in [-0.1, -0.05) is 0 Å². The molecule has 6 heteroatoms. The van der Waals surface area contributed by atoms with E-state index in [1.807, 2.05) is 0 Å². The van der Waals surface area contributed by atoms with E-state index in [-0.39, 0.29) is 18.6 Å². The third kappa shape index (κ3) is 10.5. The molecule has 1 aliphatic rings. The van der Waals surface area contributed by atoms with Gasteiger partial charge in [0, 0.05) is 0 Å². The van der Waals surface area contributed by atoms with Gasteiger partial charge >= 0.3 is 151 Å². The number of carboxylic acids is 1. The van der Waals surface area contributed by atoms with Gasteiger partial charge in [-0.05, 0) is 0 Å². The van der Waals surface area contributed by atoms with Gasteiger partial charge in [0.15, 0.2) is 0 Å². The Balaban J connectivity index is 2.07. The molecule has 0 radical (unpaired) electrons. The van der Waals surface area contributed by atoms with E-state index in [4.69, 9.17) is 12.7 Å². The first-order valence-electron chi connectivity index (χ1n) is 9.61. The summed E-state index contributed by atoms with van der Waals surface area (Å²) in [5.41, 5.74) is 0. The fraction of sp³-hybridized carbons (Fsp3) is 0.944. The van der Waals surface area contributed by atoms with Gasteiger partial charge < -0.3 is 0 Å². The zero-order valence-corrected chi connectivity index (χ0v) is 16.8. The van der Waals surface area contributed by atoms with E-state index in [2.05, 4.69) is 6.92 Å². The van der Waals surface area contributed by atoms with Crippen LogP contribution in [0.15, 0.2) is 0 Å². The second-order valence-electron chi connectivity index (χ2n) is 6.73. The van der Waals surface area contributed by atoms with E-state index in [0.29, 0.717) is 0 Å². The van der Waals surface area contributed by atoms with Gasteiger partial charge in [-0.2, -0.15) is 0 Å². The second kappa shape index (κ2) is 13.9. The van der Waals surface area contributed by atoms with Crippen molar-refractivity contribution in [3.05, 3.63) is 0 Å². The van der Waals surface area contributed by atoms with Gasteiger partial charge in [-0.15, -0.1) is 0 Å². The van der Waals surface area contributed by atoms with Gasteiger partial charge in [-0.3, -0.25) is 0 Å². The SMILES string of the molecule is CCCCCCCC[C@@H]1O[Se](=O)O[C@H]1CCCCCCCC(=O)O. The van der Waals surface area contributed by atoms with Crippen LogP contribution in [0.4, 0.5) is 0 Å². The van der Waals surface area contributed by atoms with Crippen LogP contribution in [0.2, 0.25) is 0 Å². The van der Waals surface area contributed by atoms with Crippen molar-refractivity contribution in [1.29, 1.82) is 0 Å². The summed E-state index contributed by atoms with van der Waals surface area (Å²) in [7, 11) is 0. The third-order valence-corrected chi connectivity index (χ3v) is 6.24. The van der Waals surface area contributed by atoms with Crippen molar-refractivity contribution in [2.45, 2.75) is 109 Å². The Morgan fingerprint density at radius 3 is 1.79 bits per heavy atom. The number of unbranched alkanes of at least 4 members (excludes halogenated alkanes) is 9. The van der Waals surface area contributed by atoms with Crippen molar-refractivity contribution in [2.24, 2.45) is 0 Å². The van der Waals surface area contributed by atoms with E-state index < -0.39 is 20.5 Å². The maximum absolute atomic E-state index is 11.6. The van der Waals surface area contributed by atoms with Crippen LogP contribution in [0.25, 0.3) is 0 Å². The molecule has 0 aromatic rings. The summed E-state index contributed by atoms with van der Waals surface area (Å²) in [6.07, 6.45) is 14.5. The minimum absolute atomic E-state index is 0.00200. The number of rotatable bonds is 15. The second-order valence-corrected chi connectivity index (χ2v) is 8.39. The Bertz CT molecular complexity index is 361. The molecule has 1 aliphatic heterocycles. The first-order chi connectivity index (χ1) is 11.6. The number of hydrogen-bond acceptors (Lipinski definition) is 4. The Hall–Kier alpha value is -0.291. The summed E-state index contributed by atoms with van der Waals surface area (Å²) in [6, 6.07) is 0. The Morgan fingerprint density at radius 2 is 1.29 bits per heavy atom. The molecule has 1 saturated heterocycles. The third-order valence-electron chi connectivity index (χ3n) is 4.54. The quantitative estimate of drug-likeness (QED) is 0.312. The Labute approximate surface area is 151 Å². The molecule has 5 nitrogen and oxygen atoms in total. The molecule has 1 heterocycles. The molecule has 0 amide bonds. The van der Waals surface area contributed by atoms with E-state index in [0.717, 1.165) is 51.4 Å². The van der Waals surface area contributed by atoms with E-state index in [1.54, 1.807) is 0 Å². The first kappa shape index (κ1) is 21.8. The molecule has 0 aromatic carbocycles. The normalized spacial score (nSPS) is 23.6. The van der Waals surface area contributed by atoms with Crippen LogP contribution in [0, 0.1) is 0 Å². The molecule has 0 aliphatic carbocycles. The summed E-state index contributed by atoms with van der Waals surface area (Å²) in [4.78, 5) is 10.4. The summed E-state index contributed by atoms with van der Waals surface area (Å²) in [5.74, 6) is -0.713. The van der Waals surface area contributed by atoms with Crippen LogP contribution in [-0.2, 0) is 16.3 Å². The fourth-order valence-electron chi connectivity index (χ4n) is 3.09.